The molecule has 4 heterocycles. The smallest absolute Gasteiger partial charge is 0.410 e. The summed E-state index contributed by atoms with van der Waals surface area (Å²) in [4.78, 5) is 17.7. The van der Waals surface area contributed by atoms with Gasteiger partial charge in [0.15, 0.2) is 0 Å². The average Bonchev–Trinajstić information content (AvgIpc) is 3.03. The summed E-state index contributed by atoms with van der Waals surface area (Å²) < 4.78 is 34.6. The Balaban J connectivity index is 1.34. The van der Waals surface area contributed by atoms with Crippen LogP contribution in [0, 0.1) is 0 Å². The standard InChI is InChI=1S/C19H27N5O4S/c1-19(2,3)28-18(25)22-12-15(13-22)29(26,27)23-7-4-14(5-8-23)16-10-21-24-9-6-20-11-17(16)24/h6,9-11,14-15H,4-5,7-8,12-13H2,1-3H3. The summed E-state index contributed by atoms with van der Waals surface area (Å²) in [5, 5.41) is 3.81. The molecule has 4 rings (SSSR count). The molecule has 29 heavy (non-hydrogen) atoms. The van der Waals surface area contributed by atoms with Crippen LogP contribution in [0.1, 0.15) is 45.1 Å². The Bertz CT molecular complexity index is 999. The number of ether oxygens (including phenoxy) is 1. The first-order valence-corrected chi connectivity index (χ1v) is 11.4. The lowest BCUT2D eigenvalue weighted by molar-refractivity contribution is 0.0135. The number of rotatable bonds is 3. The molecule has 0 bridgehead atoms. The van der Waals surface area contributed by atoms with Crippen LogP contribution in [0.2, 0.25) is 0 Å². The van der Waals surface area contributed by atoms with Crippen molar-refractivity contribution < 1.29 is 17.9 Å². The van der Waals surface area contributed by atoms with Gasteiger partial charge in [0, 0.05) is 44.1 Å². The highest BCUT2D eigenvalue weighted by Crippen LogP contribution is 2.33. The maximum atomic E-state index is 12.9. The first-order chi connectivity index (χ1) is 13.6. The van der Waals surface area contributed by atoms with Crippen LogP contribution in [0.4, 0.5) is 4.79 Å². The number of hydrogen-bond donors (Lipinski definition) is 0. The minimum absolute atomic E-state index is 0.191. The van der Waals surface area contributed by atoms with Crippen molar-refractivity contribution >= 4 is 21.6 Å². The van der Waals surface area contributed by atoms with Gasteiger partial charge in [0.1, 0.15) is 10.9 Å². The molecule has 0 saturated carbocycles. The van der Waals surface area contributed by atoms with Crippen molar-refractivity contribution in [2.24, 2.45) is 0 Å². The molecule has 2 aromatic heterocycles. The van der Waals surface area contributed by atoms with Gasteiger partial charge in [-0.05, 0) is 39.5 Å². The highest BCUT2D eigenvalue weighted by Gasteiger charge is 2.44. The Labute approximate surface area is 170 Å². The van der Waals surface area contributed by atoms with Gasteiger partial charge in [-0.3, -0.25) is 4.98 Å². The highest BCUT2D eigenvalue weighted by atomic mass is 32.2. The number of amides is 1. The van der Waals surface area contributed by atoms with Crippen molar-refractivity contribution in [2.45, 2.75) is 50.4 Å². The number of nitrogens with zero attached hydrogens (tertiary/aromatic N) is 5. The topological polar surface area (TPSA) is 97.1 Å². The highest BCUT2D eigenvalue weighted by molar-refractivity contribution is 7.89. The number of piperidine rings is 1. The summed E-state index contributed by atoms with van der Waals surface area (Å²) in [6.07, 6.45) is 8.20. The normalized spacial score (nSPS) is 20.0. The Morgan fingerprint density at radius 1 is 1.17 bits per heavy atom. The summed E-state index contributed by atoms with van der Waals surface area (Å²) in [5.41, 5.74) is 1.51. The molecule has 2 aliphatic heterocycles. The maximum absolute atomic E-state index is 12.9. The van der Waals surface area contributed by atoms with Crippen LogP contribution in [0.3, 0.4) is 0 Å². The van der Waals surface area contributed by atoms with Crippen molar-refractivity contribution in [1.29, 1.82) is 0 Å². The largest absolute Gasteiger partial charge is 0.444 e. The number of carbonyl (C=O) groups excluding carboxylic acids is 1. The van der Waals surface area contributed by atoms with Crippen LogP contribution in [-0.2, 0) is 14.8 Å². The third-order valence-corrected chi connectivity index (χ3v) is 7.75. The molecule has 2 fully saturated rings. The molecule has 0 spiro atoms. The Hall–Kier alpha value is -2.20. The molecule has 2 aromatic rings. The van der Waals surface area contributed by atoms with E-state index in [4.69, 9.17) is 4.74 Å². The van der Waals surface area contributed by atoms with Gasteiger partial charge in [0.2, 0.25) is 10.0 Å². The lowest BCUT2D eigenvalue weighted by Crippen LogP contribution is -2.61. The van der Waals surface area contributed by atoms with Crippen molar-refractivity contribution in [3.8, 4) is 0 Å². The summed E-state index contributed by atoms with van der Waals surface area (Å²) in [7, 11) is -3.42. The van der Waals surface area contributed by atoms with Crippen LogP contribution in [0.5, 0.6) is 0 Å². The summed E-state index contributed by atoms with van der Waals surface area (Å²) >= 11 is 0. The molecule has 0 N–H and O–H groups in total. The first-order valence-electron chi connectivity index (χ1n) is 9.89. The van der Waals surface area contributed by atoms with Crippen LogP contribution in [-0.4, -0.2) is 75.3 Å². The fourth-order valence-electron chi connectivity index (χ4n) is 3.90. The molecule has 0 radical (unpaired) electrons. The van der Waals surface area contributed by atoms with Crippen molar-refractivity contribution in [2.75, 3.05) is 26.2 Å². The van der Waals surface area contributed by atoms with Gasteiger partial charge in [0.25, 0.3) is 0 Å². The predicted octanol–water partition coefficient (Wildman–Crippen LogP) is 1.86. The molecular formula is C19H27N5O4S. The van der Waals surface area contributed by atoms with Crippen molar-refractivity contribution in [1.82, 2.24) is 23.8 Å². The van der Waals surface area contributed by atoms with Crippen molar-refractivity contribution in [3.05, 3.63) is 30.4 Å². The second kappa shape index (κ2) is 7.24. The van der Waals surface area contributed by atoms with E-state index in [0.717, 1.165) is 23.9 Å². The van der Waals surface area contributed by atoms with E-state index in [2.05, 4.69) is 10.1 Å². The Kier molecular flexibility index (Phi) is 5.02. The third kappa shape index (κ3) is 3.95. The number of fused-ring (bicyclic) bond motifs is 1. The van der Waals surface area contributed by atoms with E-state index < -0.39 is 27.0 Å². The average molecular weight is 422 g/mol. The molecule has 0 aliphatic carbocycles. The zero-order valence-electron chi connectivity index (χ0n) is 17.0. The number of hydrogen-bond acceptors (Lipinski definition) is 6. The van der Waals surface area contributed by atoms with E-state index >= 15 is 0 Å². The molecule has 158 valence electrons. The lowest BCUT2D eigenvalue weighted by atomic mass is 9.91. The molecular weight excluding hydrogens is 394 g/mol. The zero-order chi connectivity index (χ0) is 20.8. The van der Waals surface area contributed by atoms with Crippen LogP contribution >= 0.6 is 0 Å². The SMILES string of the molecule is CC(C)(C)OC(=O)N1CC(S(=O)(=O)N2CCC(c3cnn4ccncc34)CC2)C1. The van der Waals surface area contributed by atoms with E-state index in [1.165, 1.54) is 4.90 Å². The van der Waals surface area contributed by atoms with E-state index in [1.54, 1.807) is 42.0 Å². The minimum Gasteiger partial charge on any atom is -0.444 e. The number of carbonyl (C=O) groups is 1. The Morgan fingerprint density at radius 3 is 2.52 bits per heavy atom. The van der Waals surface area contributed by atoms with E-state index in [-0.39, 0.29) is 19.0 Å². The van der Waals surface area contributed by atoms with Gasteiger partial charge < -0.3 is 9.64 Å². The second-order valence-electron chi connectivity index (χ2n) is 8.73. The zero-order valence-corrected chi connectivity index (χ0v) is 17.8. The van der Waals surface area contributed by atoms with Crippen LogP contribution in [0.15, 0.2) is 24.8 Å². The molecule has 9 nitrogen and oxygen atoms in total. The summed E-state index contributed by atoms with van der Waals surface area (Å²) in [6, 6.07) is 0. The van der Waals surface area contributed by atoms with Gasteiger partial charge in [0.05, 0.1) is 17.9 Å². The quantitative estimate of drug-likeness (QED) is 0.750. The van der Waals surface area contributed by atoms with E-state index in [9.17, 15) is 13.2 Å². The molecule has 2 aliphatic rings. The molecule has 0 aromatic carbocycles. The van der Waals surface area contributed by atoms with E-state index in [0.29, 0.717) is 13.1 Å². The summed E-state index contributed by atoms with van der Waals surface area (Å²) in [6.45, 7) is 6.73. The second-order valence-corrected chi connectivity index (χ2v) is 10.9. The first kappa shape index (κ1) is 20.1. The van der Waals surface area contributed by atoms with Crippen LogP contribution in [0.25, 0.3) is 5.52 Å². The van der Waals surface area contributed by atoms with E-state index in [1.807, 2.05) is 12.4 Å². The van der Waals surface area contributed by atoms with Gasteiger partial charge in [-0.2, -0.15) is 5.10 Å². The molecule has 0 atom stereocenters. The Morgan fingerprint density at radius 2 is 1.86 bits per heavy atom. The van der Waals surface area contributed by atoms with Gasteiger partial charge in [-0.25, -0.2) is 22.0 Å². The van der Waals surface area contributed by atoms with Gasteiger partial charge >= 0.3 is 6.09 Å². The minimum atomic E-state index is -3.42. The monoisotopic (exact) mass is 421 g/mol. The van der Waals surface area contributed by atoms with Crippen LogP contribution < -0.4 is 0 Å². The number of sulfonamides is 1. The molecule has 10 heteroatoms. The molecule has 2 saturated heterocycles. The predicted molar refractivity (Wildman–Crippen MR) is 107 cm³/mol. The summed E-state index contributed by atoms with van der Waals surface area (Å²) in [5.74, 6) is 0.266. The van der Waals surface area contributed by atoms with Gasteiger partial charge in [-0.1, -0.05) is 0 Å². The fourth-order valence-corrected chi connectivity index (χ4v) is 5.78. The lowest BCUT2D eigenvalue weighted by Gasteiger charge is -2.42. The molecule has 1 amide bonds. The van der Waals surface area contributed by atoms with Gasteiger partial charge in [-0.15, -0.1) is 0 Å². The third-order valence-electron chi connectivity index (χ3n) is 5.53. The number of likely N-dealkylation sites (tertiary alicyclic amines) is 1. The number of aromatic nitrogens is 3. The fraction of sp³-hybridized carbons (Fsp3) is 0.632. The maximum Gasteiger partial charge on any atom is 0.410 e. The van der Waals surface area contributed by atoms with Crippen molar-refractivity contribution in [3.63, 3.8) is 0 Å². The molecule has 0 unspecified atom stereocenters.